The van der Waals surface area contributed by atoms with Gasteiger partial charge in [-0.3, -0.25) is 9.36 Å². The molecule has 1 aliphatic carbocycles. The lowest BCUT2D eigenvalue weighted by Gasteiger charge is -2.15. The number of carbonyl (C=O) groups is 1. The van der Waals surface area contributed by atoms with Crippen molar-refractivity contribution in [3.8, 4) is 5.82 Å². The molecule has 8 heteroatoms. The molecule has 0 spiro atoms. The zero-order chi connectivity index (χ0) is 16.2. The molecule has 138 valence electrons. The lowest BCUT2D eigenvalue weighted by Crippen LogP contribution is -2.31. The number of hydrogen-bond donors (Lipinski definition) is 2. The van der Waals surface area contributed by atoms with E-state index in [4.69, 9.17) is 5.73 Å². The van der Waals surface area contributed by atoms with Gasteiger partial charge in [-0.2, -0.15) is 0 Å². The van der Waals surface area contributed by atoms with Crippen molar-refractivity contribution in [1.29, 1.82) is 0 Å². The number of nitrogens with one attached hydrogen (secondary N) is 1. The van der Waals surface area contributed by atoms with Gasteiger partial charge in [0.2, 0.25) is 5.91 Å². The van der Waals surface area contributed by atoms with E-state index in [1.165, 1.54) is 0 Å². The molecule has 6 nitrogen and oxygen atoms in total. The van der Waals surface area contributed by atoms with Gasteiger partial charge in [-0.15, -0.1) is 24.8 Å². The SMILES string of the molecule is Cc1nccn1-c1ncccc1CNC(=O)C[C@@H]1CCC[C@H]1N.Cl.Cl. The maximum atomic E-state index is 12.2. The monoisotopic (exact) mass is 385 g/mol. The highest BCUT2D eigenvalue weighted by atomic mass is 35.5. The maximum Gasteiger partial charge on any atom is 0.220 e. The number of halogens is 2. The highest BCUT2D eigenvalue weighted by molar-refractivity contribution is 5.85. The second-order valence-corrected chi connectivity index (χ2v) is 6.17. The standard InChI is InChI=1S/C17H23N5O.2ClH/c1-12-19-8-9-22(12)17-14(5-3-7-20-17)11-21-16(23)10-13-4-2-6-15(13)18;;/h3,5,7-9,13,15H,2,4,6,10-11,18H2,1H3,(H,21,23);2*1H/t13-,15+;;/m0../s1. The van der Waals surface area contributed by atoms with Gasteiger partial charge in [-0.05, 0) is 31.7 Å². The molecule has 0 aromatic carbocycles. The van der Waals surface area contributed by atoms with E-state index in [-0.39, 0.29) is 36.8 Å². The third-order valence-corrected chi connectivity index (χ3v) is 4.56. The van der Waals surface area contributed by atoms with E-state index in [0.29, 0.717) is 18.9 Å². The summed E-state index contributed by atoms with van der Waals surface area (Å²) >= 11 is 0. The molecule has 25 heavy (non-hydrogen) atoms. The molecule has 3 rings (SSSR count). The van der Waals surface area contributed by atoms with Gasteiger partial charge in [0.15, 0.2) is 0 Å². The number of aryl methyl sites for hydroxylation is 1. The third-order valence-electron chi connectivity index (χ3n) is 4.56. The van der Waals surface area contributed by atoms with Crippen molar-refractivity contribution >= 4 is 30.7 Å². The van der Waals surface area contributed by atoms with E-state index in [1.54, 1.807) is 12.4 Å². The van der Waals surface area contributed by atoms with Crippen LogP contribution in [0.2, 0.25) is 0 Å². The molecule has 0 unspecified atom stereocenters. The number of hydrogen-bond acceptors (Lipinski definition) is 4. The first-order valence-electron chi connectivity index (χ1n) is 8.11. The summed E-state index contributed by atoms with van der Waals surface area (Å²) in [6.07, 6.45) is 9.10. The summed E-state index contributed by atoms with van der Waals surface area (Å²) in [5, 5.41) is 3.00. The summed E-state index contributed by atoms with van der Waals surface area (Å²) in [6, 6.07) is 4.02. The molecule has 0 bridgehead atoms. The predicted molar refractivity (Wildman–Crippen MR) is 102 cm³/mol. The predicted octanol–water partition coefficient (Wildman–Crippen LogP) is 2.55. The Morgan fingerprint density at radius 1 is 1.32 bits per heavy atom. The minimum atomic E-state index is 0. The maximum absolute atomic E-state index is 12.2. The Bertz CT molecular complexity index is 691. The fourth-order valence-electron chi connectivity index (χ4n) is 3.21. The van der Waals surface area contributed by atoms with Crippen LogP contribution in [-0.4, -0.2) is 26.5 Å². The van der Waals surface area contributed by atoms with Crippen molar-refractivity contribution in [2.24, 2.45) is 11.7 Å². The van der Waals surface area contributed by atoms with Gasteiger partial charge >= 0.3 is 0 Å². The van der Waals surface area contributed by atoms with E-state index in [0.717, 1.165) is 36.5 Å². The van der Waals surface area contributed by atoms with Crippen molar-refractivity contribution in [3.05, 3.63) is 42.1 Å². The lowest BCUT2D eigenvalue weighted by atomic mass is 10.00. The molecule has 1 aliphatic rings. The smallest absolute Gasteiger partial charge is 0.220 e. The molecule has 1 fully saturated rings. The molecule has 1 amide bonds. The van der Waals surface area contributed by atoms with Crippen molar-refractivity contribution in [2.45, 2.75) is 45.2 Å². The van der Waals surface area contributed by atoms with Crippen molar-refractivity contribution in [3.63, 3.8) is 0 Å². The Balaban J connectivity index is 0.00000156. The van der Waals surface area contributed by atoms with Gasteiger partial charge in [0.25, 0.3) is 0 Å². The summed E-state index contributed by atoms with van der Waals surface area (Å²) < 4.78 is 1.92. The summed E-state index contributed by atoms with van der Waals surface area (Å²) in [6.45, 7) is 2.39. The van der Waals surface area contributed by atoms with Gasteiger partial charge in [-0.1, -0.05) is 12.5 Å². The Hall–Kier alpha value is -1.63. The minimum Gasteiger partial charge on any atom is -0.352 e. The van der Waals surface area contributed by atoms with Crippen LogP contribution in [0.25, 0.3) is 5.82 Å². The highest BCUT2D eigenvalue weighted by Crippen LogP contribution is 2.26. The van der Waals surface area contributed by atoms with Crippen LogP contribution in [0.15, 0.2) is 30.7 Å². The quantitative estimate of drug-likeness (QED) is 0.827. The number of pyridine rings is 1. The van der Waals surface area contributed by atoms with Crippen LogP contribution in [0, 0.1) is 12.8 Å². The first kappa shape index (κ1) is 21.4. The van der Waals surface area contributed by atoms with Crippen molar-refractivity contribution < 1.29 is 4.79 Å². The van der Waals surface area contributed by atoms with Gasteiger partial charge in [0.05, 0.1) is 0 Å². The second-order valence-electron chi connectivity index (χ2n) is 6.17. The average Bonchev–Trinajstić information content (AvgIpc) is 3.14. The molecular weight excluding hydrogens is 361 g/mol. The number of nitrogens with two attached hydrogens (primary N) is 1. The summed E-state index contributed by atoms with van der Waals surface area (Å²) in [5.74, 6) is 2.05. The lowest BCUT2D eigenvalue weighted by molar-refractivity contribution is -0.122. The normalized spacial score (nSPS) is 19.0. The molecular formula is C17H25Cl2N5O. The average molecular weight is 386 g/mol. The summed E-state index contributed by atoms with van der Waals surface area (Å²) in [5.41, 5.74) is 7.01. The molecule has 0 saturated heterocycles. The van der Waals surface area contributed by atoms with Crippen LogP contribution in [-0.2, 0) is 11.3 Å². The van der Waals surface area contributed by atoms with E-state index in [9.17, 15) is 4.79 Å². The Morgan fingerprint density at radius 3 is 2.76 bits per heavy atom. The molecule has 2 atom stereocenters. The third kappa shape index (κ3) is 5.17. The van der Waals surface area contributed by atoms with Crippen LogP contribution >= 0.6 is 24.8 Å². The molecule has 0 aliphatic heterocycles. The second kappa shape index (κ2) is 9.75. The number of carbonyl (C=O) groups excluding carboxylic acids is 1. The van der Waals surface area contributed by atoms with Crippen LogP contribution in [0.3, 0.4) is 0 Å². The number of amides is 1. The van der Waals surface area contributed by atoms with Gasteiger partial charge in [0, 0.05) is 43.2 Å². The number of rotatable bonds is 5. The summed E-state index contributed by atoms with van der Waals surface area (Å²) in [4.78, 5) is 20.8. The zero-order valence-electron chi connectivity index (χ0n) is 14.2. The molecule has 3 N–H and O–H groups in total. The van der Waals surface area contributed by atoms with Crippen molar-refractivity contribution in [2.75, 3.05) is 0 Å². The van der Waals surface area contributed by atoms with Crippen molar-refractivity contribution in [1.82, 2.24) is 19.9 Å². The van der Waals surface area contributed by atoms with Gasteiger partial charge in [0.1, 0.15) is 11.6 Å². The van der Waals surface area contributed by atoms with Crippen LogP contribution in [0.1, 0.15) is 37.1 Å². The topological polar surface area (TPSA) is 85.8 Å². The zero-order valence-corrected chi connectivity index (χ0v) is 15.9. The molecule has 2 aromatic rings. The minimum absolute atomic E-state index is 0. The fourth-order valence-corrected chi connectivity index (χ4v) is 3.21. The van der Waals surface area contributed by atoms with Crippen LogP contribution in [0.5, 0.6) is 0 Å². The summed E-state index contributed by atoms with van der Waals surface area (Å²) in [7, 11) is 0. The molecule has 0 radical (unpaired) electrons. The van der Waals surface area contributed by atoms with Gasteiger partial charge in [-0.25, -0.2) is 9.97 Å². The number of aromatic nitrogens is 3. The van der Waals surface area contributed by atoms with E-state index < -0.39 is 0 Å². The highest BCUT2D eigenvalue weighted by Gasteiger charge is 2.25. The van der Waals surface area contributed by atoms with Crippen LogP contribution < -0.4 is 11.1 Å². The Morgan fingerprint density at radius 2 is 2.12 bits per heavy atom. The van der Waals surface area contributed by atoms with Gasteiger partial charge < -0.3 is 11.1 Å². The molecule has 2 heterocycles. The van der Waals surface area contributed by atoms with E-state index in [1.807, 2.05) is 29.8 Å². The Labute approximate surface area is 160 Å². The van der Waals surface area contributed by atoms with E-state index in [2.05, 4.69) is 15.3 Å². The first-order valence-corrected chi connectivity index (χ1v) is 8.11. The largest absolute Gasteiger partial charge is 0.352 e. The fraction of sp³-hybridized carbons (Fsp3) is 0.471. The Kier molecular flexibility index (Phi) is 8.35. The molecule has 2 aromatic heterocycles. The van der Waals surface area contributed by atoms with E-state index >= 15 is 0 Å². The first-order chi connectivity index (χ1) is 11.1. The molecule has 1 saturated carbocycles. The number of imidazole rings is 1. The van der Waals surface area contributed by atoms with Crippen LogP contribution in [0.4, 0.5) is 0 Å². The number of nitrogens with zero attached hydrogens (tertiary/aromatic N) is 3.